The molecule has 1 atom stereocenters. The maximum atomic E-state index is 12.4. The molecule has 0 aliphatic carbocycles. The van der Waals surface area contributed by atoms with Gasteiger partial charge in [-0.05, 0) is 34.4 Å². The van der Waals surface area contributed by atoms with Crippen LogP contribution in [-0.2, 0) is 29.2 Å². The van der Waals surface area contributed by atoms with Crippen molar-refractivity contribution in [1.82, 2.24) is 16.0 Å². The molecule has 2 amide bonds. The van der Waals surface area contributed by atoms with Gasteiger partial charge < -0.3 is 16.0 Å². The van der Waals surface area contributed by atoms with Crippen LogP contribution in [-0.4, -0.2) is 11.8 Å². The highest BCUT2D eigenvalue weighted by atomic mass is 35.5. The molecule has 5 nitrogen and oxygen atoms in total. The summed E-state index contributed by atoms with van der Waals surface area (Å²) in [6.07, 6.45) is 0.174. The van der Waals surface area contributed by atoms with Crippen LogP contribution >= 0.6 is 11.6 Å². The van der Waals surface area contributed by atoms with Gasteiger partial charge >= 0.3 is 0 Å². The topological polar surface area (TPSA) is 70.2 Å². The molecule has 1 unspecified atom stereocenters. The molecule has 3 rings (SSSR count). The monoisotopic (exact) mass is 371 g/mol. The SMILES string of the molecule is CC(=O)NC(CC(=O)NCc1ccc2c(c1)CNC2)c1ccc(Cl)cc1. The highest BCUT2D eigenvalue weighted by molar-refractivity contribution is 6.30. The van der Waals surface area contributed by atoms with Gasteiger partial charge in [0, 0.05) is 31.6 Å². The Morgan fingerprint density at radius 3 is 2.58 bits per heavy atom. The Labute approximate surface area is 158 Å². The number of carbonyl (C=O) groups excluding carboxylic acids is 2. The molecule has 1 heterocycles. The maximum absolute atomic E-state index is 12.4. The Kier molecular flexibility index (Phi) is 5.91. The second kappa shape index (κ2) is 8.34. The van der Waals surface area contributed by atoms with E-state index in [0.717, 1.165) is 24.2 Å². The standard InChI is InChI=1S/C20H22ClN3O2/c1-13(25)24-19(15-4-6-18(21)7-5-15)9-20(26)23-10-14-2-3-16-11-22-12-17(16)8-14/h2-8,19,22H,9-12H2,1H3,(H,23,26)(H,24,25). The Morgan fingerprint density at radius 2 is 1.85 bits per heavy atom. The molecule has 1 aliphatic rings. The van der Waals surface area contributed by atoms with Crippen molar-refractivity contribution in [2.24, 2.45) is 0 Å². The van der Waals surface area contributed by atoms with Gasteiger partial charge in [0.1, 0.15) is 0 Å². The van der Waals surface area contributed by atoms with Crippen molar-refractivity contribution in [2.75, 3.05) is 0 Å². The summed E-state index contributed by atoms with van der Waals surface area (Å²) in [7, 11) is 0. The van der Waals surface area contributed by atoms with Crippen LogP contribution in [0.3, 0.4) is 0 Å². The largest absolute Gasteiger partial charge is 0.352 e. The van der Waals surface area contributed by atoms with Crippen LogP contribution in [0.25, 0.3) is 0 Å². The third-order valence-corrected chi connectivity index (χ3v) is 4.68. The third kappa shape index (κ3) is 4.84. The van der Waals surface area contributed by atoms with E-state index >= 15 is 0 Å². The zero-order chi connectivity index (χ0) is 18.5. The molecular weight excluding hydrogens is 350 g/mol. The number of hydrogen-bond donors (Lipinski definition) is 3. The minimum Gasteiger partial charge on any atom is -0.352 e. The molecule has 3 N–H and O–H groups in total. The number of benzene rings is 2. The van der Waals surface area contributed by atoms with Crippen LogP contribution in [0.2, 0.25) is 5.02 Å². The second-order valence-electron chi connectivity index (χ2n) is 6.49. The highest BCUT2D eigenvalue weighted by Gasteiger charge is 2.17. The molecule has 1 aliphatic heterocycles. The first kappa shape index (κ1) is 18.4. The van der Waals surface area contributed by atoms with Gasteiger partial charge in [0.2, 0.25) is 11.8 Å². The van der Waals surface area contributed by atoms with E-state index in [0.29, 0.717) is 11.6 Å². The number of nitrogens with one attached hydrogen (secondary N) is 3. The summed E-state index contributed by atoms with van der Waals surface area (Å²) in [6, 6.07) is 13.0. The molecule has 0 bridgehead atoms. The van der Waals surface area contributed by atoms with E-state index in [4.69, 9.17) is 11.6 Å². The van der Waals surface area contributed by atoms with Crippen LogP contribution in [0.4, 0.5) is 0 Å². The van der Waals surface area contributed by atoms with E-state index in [1.165, 1.54) is 18.1 Å². The first-order chi connectivity index (χ1) is 12.5. The molecule has 0 saturated carbocycles. The van der Waals surface area contributed by atoms with Crippen LogP contribution in [0.1, 0.15) is 41.6 Å². The lowest BCUT2D eigenvalue weighted by Crippen LogP contribution is -2.32. The van der Waals surface area contributed by atoms with Crippen LogP contribution in [0, 0.1) is 0 Å². The quantitative estimate of drug-likeness (QED) is 0.731. The molecule has 2 aromatic carbocycles. The van der Waals surface area contributed by atoms with Gasteiger partial charge in [-0.2, -0.15) is 0 Å². The molecule has 0 saturated heterocycles. The molecule has 136 valence electrons. The van der Waals surface area contributed by atoms with E-state index in [-0.39, 0.29) is 24.3 Å². The first-order valence-electron chi connectivity index (χ1n) is 8.62. The van der Waals surface area contributed by atoms with Crippen molar-refractivity contribution in [2.45, 2.75) is 39.0 Å². The molecule has 0 spiro atoms. The molecule has 0 aromatic heterocycles. The van der Waals surface area contributed by atoms with Gasteiger partial charge in [-0.15, -0.1) is 0 Å². The third-order valence-electron chi connectivity index (χ3n) is 4.43. The van der Waals surface area contributed by atoms with E-state index in [9.17, 15) is 9.59 Å². The number of hydrogen-bond acceptors (Lipinski definition) is 3. The Bertz CT molecular complexity index is 805. The number of rotatable bonds is 6. The van der Waals surface area contributed by atoms with E-state index in [1.54, 1.807) is 12.1 Å². The van der Waals surface area contributed by atoms with Crippen molar-refractivity contribution in [3.63, 3.8) is 0 Å². The van der Waals surface area contributed by atoms with Crippen molar-refractivity contribution in [3.05, 3.63) is 69.7 Å². The van der Waals surface area contributed by atoms with E-state index < -0.39 is 0 Å². The fourth-order valence-corrected chi connectivity index (χ4v) is 3.23. The summed E-state index contributed by atoms with van der Waals surface area (Å²) >= 11 is 5.91. The summed E-state index contributed by atoms with van der Waals surface area (Å²) < 4.78 is 0. The van der Waals surface area contributed by atoms with E-state index in [2.05, 4.69) is 28.1 Å². The zero-order valence-electron chi connectivity index (χ0n) is 14.6. The summed E-state index contributed by atoms with van der Waals surface area (Å²) in [5.74, 6) is -0.291. The molecule has 0 fully saturated rings. The molecule has 2 aromatic rings. The number of halogens is 1. The lowest BCUT2D eigenvalue weighted by Gasteiger charge is -2.18. The predicted octanol–water partition coefficient (Wildman–Crippen LogP) is 2.83. The normalized spacial score (nSPS) is 13.8. The minimum absolute atomic E-state index is 0.114. The Balaban J connectivity index is 1.60. The van der Waals surface area contributed by atoms with Crippen molar-refractivity contribution in [3.8, 4) is 0 Å². The van der Waals surface area contributed by atoms with Gasteiger partial charge in [0.25, 0.3) is 0 Å². The summed E-state index contributed by atoms with van der Waals surface area (Å²) in [5, 5.41) is 9.69. The van der Waals surface area contributed by atoms with Crippen molar-refractivity contribution in [1.29, 1.82) is 0 Å². The average molecular weight is 372 g/mol. The molecule has 0 radical (unpaired) electrons. The number of carbonyl (C=O) groups is 2. The zero-order valence-corrected chi connectivity index (χ0v) is 15.4. The van der Waals surface area contributed by atoms with Gasteiger partial charge in [-0.3, -0.25) is 9.59 Å². The molecule has 26 heavy (non-hydrogen) atoms. The Hall–Kier alpha value is -2.37. The minimum atomic E-state index is -0.381. The number of amides is 2. The first-order valence-corrected chi connectivity index (χ1v) is 9.00. The predicted molar refractivity (Wildman–Crippen MR) is 101 cm³/mol. The Morgan fingerprint density at radius 1 is 1.12 bits per heavy atom. The average Bonchev–Trinajstić information content (AvgIpc) is 3.07. The smallest absolute Gasteiger partial charge is 0.222 e. The maximum Gasteiger partial charge on any atom is 0.222 e. The number of fused-ring (bicyclic) bond motifs is 1. The molecular formula is C20H22ClN3O2. The van der Waals surface area contributed by atoms with Crippen LogP contribution in [0.5, 0.6) is 0 Å². The fraction of sp³-hybridized carbons (Fsp3) is 0.300. The van der Waals surface area contributed by atoms with Crippen LogP contribution < -0.4 is 16.0 Å². The van der Waals surface area contributed by atoms with Crippen molar-refractivity contribution < 1.29 is 9.59 Å². The lowest BCUT2D eigenvalue weighted by atomic mass is 10.0. The highest BCUT2D eigenvalue weighted by Crippen LogP contribution is 2.20. The van der Waals surface area contributed by atoms with Gasteiger partial charge in [-0.25, -0.2) is 0 Å². The molecule has 6 heteroatoms. The summed E-state index contributed by atoms with van der Waals surface area (Å²) in [6.45, 7) is 3.69. The second-order valence-corrected chi connectivity index (χ2v) is 6.93. The van der Waals surface area contributed by atoms with Crippen molar-refractivity contribution >= 4 is 23.4 Å². The van der Waals surface area contributed by atoms with E-state index in [1.807, 2.05) is 18.2 Å². The van der Waals surface area contributed by atoms with Crippen LogP contribution in [0.15, 0.2) is 42.5 Å². The lowest BCUT2D eigenvalue weighted by molar-refractivity contribution is -0.122. The van der Waals surface area contributed by atoms with Gasteiger partial charge in [-0.1, -0.05) is 41.9 Å². The van der Waals surface area contributed by atoms with Gasteiger partial charge in [0.15, 0.2) is 0 Å². The summed E-state index contributed by atoms with van der Waals surface area (Å²) in [5.41, 5.74) is 4.52. The summed E-state index contributed by atoms with van der Waals surface area (Å²) in [4.78, 5) is 23.9. The fourth-order valence-electron chi connectivity index (χ4n) is 3.11. The van der Waals surface area contributed by atoms with Gasteiger partial charge in [0.05, 0.1) is 12.5 Å².